The average Bonchev–Trinajstić information content (AvgIpc) is 2.31. The van der Waals surface area contributed by atoms with Crippen LogP contribution < -0.4 is 0 Å². The van der Waals surface area contributed by atoms with Gasteiger partial charge in [-0.05, 0) is 37.5 Å². The molecule has 16 heavy (non-hydrogen) atoms. The van der Waals surface area contributed by atoms with Crippen molar-refractivity contribution in [2.75, 3.05) is 0 Å². The second-order valence-electron chi connectivity index (χ2n) is 5.57. The maximum Gasteiger partial charge on any atom is 0.0174 e. The fourth-order valence-corrected chi connectivity index (χ4v) is 3.75. The largest absolute Gasteiger partial charge is 0.0888 e. The highest BCUT2D eigenvalue weighted by molar-refractivity contribution is 9.09. The van der Waals surface area contributed by atoms with Crippen molar-refractivity contribution >= 4 is 15.9 Å². The lowest BCUT2D eigenvalue weighted by molar-refractivity contribution is 0.256. The van der Waals surface area contributed by atoms with Gasteiger partial charge in [0.15, 0.2) is 0 Å². The van der Waals surface area contributed by atoms with Crippen LogP contribution in [0, 0.1) is 11.8 Å². The molecule has 0 N–H and O–H groups in total. The highest BCUT2D eigenvalue weighted by Crippen LogP contribution is 2.37. The van der Waals surface area contributed by atoms with Gasteiger partial charge in [-0.3, -0.25) is 0 Å². The number of unbranched alkanes of at least 4 members (excludes halogenated alkanes) is 4. The zero-order valence-electron chi connectivity index (χ0n) is 11.2. The van der Waals surface area contributed by atoms with Gasteiger partial charge in [0.05, 0.1) is 0 Å². The lowest BCUT2D eigenvalue weighted by Gasteiger charge is -2.33. The van der Waals surface area contributed by atoms with Crippen LogP contribution in [-0.2, 0) is 0 Å². The van der Waals surface area contributed by atoms with Crippen LogP contribution >= 0.6 is 15.9 Å². The minimum absolute atomic E-state index is 0.821. The lowest BCUT2D eigenvalue weighted by Crippen LogP contribution is -2.24. The summed E-state index contributed by atoms with van der Waals surface area (Å²) < 4.78 is 0. The Balaban J connectivity index is 2.13. The van der Waals surface area contributed by atoms with Crippen LogP contribution in [0.4, 0.5) is 0 Å². The molecule has 3 unspecified atom stereocenters. The topological polar surface area (TPSA) is 0 Å². The van der Waals surface area contributed by atoms with Crippen molar-refractivity contribution in [1.29, 1.82) is 0 Å². The Kier molecular flexibility index (Phi) is 7.77. The van der Waals surface area contributed by atoms with E-state index in [2.05, 4.69) is 29.8 Å². The lowest BCUT2D eigenvalue weighted by atomic mass is 9.78. The van der Waals surface area contributed by atoms with Crippen LogP contribution in [0.2, 0.25) is 0 Å². The molecule has 0 bridgehead atoms. The summed E-state index contributed by atoms with van der Waals surface area (Å²) in [4.78, 5) is 0.821. The Hall–Kier alpha value is 0.480. The molecule has 1 rings (SSSR count). The molecule has 0 aromatic rings. The van der Waals surface area contributed by atoms with E-state index in [0.717, 1.165) is 16.7 Å². The molecule has 1 aliphatic carbocycles. The van der Waals surface area contributed by atoms with E-state index in [4.69, 9.17) is 0 Å². The SMILES string of the molecule is CCCCCCCC1CC(CC)CCC1Br. The third kappa shape index (κ3) is 5.21. The maximum atomic E-state index is 3.89. The first-order valence-electron chi connectivity index (χ1n) is 7.42. The van der Waals surface area contributed by atoms with Crippen molar-refractivity contribution in [3.63, 3.8) is 0 Å². The highest BCUT2D eigenvalue weighted by atomic mass is 79.9. The molecule has 0 saturated heterocycles. The predicted molar refractivity (Wildman–Crippen MR) is 77.2 cm³/mol. The smallest absolute Gasteiger partial charge is 0.0174 e. The van der Waals surface area contributed by atoms with Crippen LogP contribution in [0.3, 0.4) is 0 Å². The van der Waals surface area contributed by atoms with Crippen molar-refractivity contribution in [3.8, 4) is 0 Å². The van der Waals surface area contributed by atoms with E-state index in [-0.39, 0.29) is 0 Å². The molecule has 0 heterocycles. The fourth-order valence-electron chi connectivity index (χ4n) is 3.00. The predicted octanol–water partition coefficient (Wildman–Crippen LogP) is 5.94. The second-order valence-corrected chi connectivity index (χ2v) is 6.74. The normalized spacial score (nSPS) is 30.6. The highest BCUT2D eigenvalue weighted by Gasteiger charge is 2.27. The Morgan fingerprint density at radius 3 is 2.44 bits per heavy atom. The number of rotatable bonds is 7. The van der Waals surface area contributed by atoms with Crippen molar-refractivity contribution in [2.24, 2.45) is 11.8 Å². The van der Waals surface area contributed by atoms with Crippen molar-refractivity contribution in [3.05, 3.63) is 0 Å². The summed E-state index contributed by atoms with van der Waals surface area (Å²) in [7, 11) is 0. The molecular weight excluding hydrogens is 260 g/mol. The molecule has 1 saturated carbocycles. The average molecular weight is 289 g/mol. The van der Waals surface area contributed by atoms with Crippen LogP contribution in [0.15, 0.2) is 0 Å². The molecule has 0 nitrogen and oxygen atoms in total. The van der Waals surface area contributed by atoms with Gasteiger partial charge < -0.3 is 0 Å². The van der Waals surface area contributed by atoms with Crippen LogP contribution in [0.5, 0.6) is 0 Å². The van der Waals surface area contributed by atoms with Gasteiger partial charge in [-0.1, -0.05) is 68.3 Å². The van der Waals surface area contributed by atoms with Crippen molar-refractivity contribution in [1.82, 2.24) is 0 Å². The van der Waals surface area contributed by atoms with Gasteiger partial charge in [-0.2, -0.15) is 0 Å². The van der Waals surface area contributed by atoms with E-state index in [9.17, 15) is 0 Å². The molecule has 0 radical (unpaired) electrons. The van der Waals surface area contributed by atoms with Crippen molar-refractivity contribution in [2.45, 2.75) is 82.9 Å². The van der Waals surface area contributed by atoms with Crippen molar-refractivity contribution < 1.29 is 0 Å². The van der Waals surface area contributed by atoms with E-state index in [1.165, 1.54) is 64.2 Å². The number of hydrogen-bond donors (Lipinski definition) is 0. The molecule has 3 atom stereocenters. The third-order valence-corrected chi connectivity index (χ3v) is 5.46. The van der Waals surface area contributed by atoms with Crippen LogP contribution in [0.1, 0.15) is 78.1 Å². The first kappa shape index (κ1) is 14.5. The molecule has 0 spiro atoms. The summed E-state index contributed by atoms with van der Waals surface area (Å²) in [5, 5.41) is 0. The Bertz CT molecular complexity index is 167. The molecule has 1 heteroatoms. The van der Waals surface area contributed by atoms with E-state index in [1.54, 1.807) is 0 Å². The molecule has 0 aromatic heterocycles. The first-order chi connectivity index (χ1) is 7.77. The van der Waals surface area contributed by atoms with Gasteiger partial charge in [0.2, 0.25) is 0 Å². The monoisotopic (exact) mass is 288 g/mol. The second kappa shape index (κ2) is 8.55. The van der Waals surface area contributed by atoms with Gasteiger partial charge in [0.25, 0.3) is 0 Å². The van der Waals surface area contributed by atoms with E-state index in [0.29, 0.717) is 0 Å². The molecule has 0 aromatic carbocycles. The Morgan fingerprint density at radius 1 is 1.00 bits per heavy atom. The molecule has 1 fully saturated rings. The van der Waals surface area contributed by atoms with Gasteiger partial charge >= 0.3 is 0 Å². The Labute approximate surface area is 111 Å². The van der Waals surface area contributed by atoms with Crippen LogP contribution in [-0.4, -0.2) is 4.83 Å². The van der Waals surface area contributed by atoms with Crippen LogP contribution in [0.25, 0.3) is 0 Å². The van der Waals surface area contributed by atoms with E-state index < -0.39 is 0 Å². The van der Waals surface area contributed by atoms with Gasteiger partial charge in [-0.15, -0.1) is 0 Å². The maximum absolute atomic E-state index is 3.89. The zero-order chi connectivity index (χ0) is 11.8. The minimum Gasteiger partial charge on any atom is -0.0888 e. The molecule has 0 aliphatic heterocycles. The van der Waals surface area contributed by atoms with Gasteiger partial charge in [-0.25, -0.2) is 0 Å². The summed E-state index contributed by atoms with van der Waals surface area (Å²) in [6.45, 7) is 4.65. The summed E-state index contributed by atoms with van der Waals surface area (Å²) in [6.07, 6.45) is 14.4. The molecule has 1 aliphatic rings. The quantitative estimate of drug-likeness (QED) is 0.402. The summed E-state index contributed by atoms with van der Waals surface area (Å²) in [5.41, 5.74) is 0. The zero-order valence-corrected chi connectivity index (χ0v) is 12.8. The first-order valence-corrected chi connectivity index (χ1v) is 8.33. The standard InChI is InChI=1S/C15H29Br/c1-3-5-6-7-8-9-14-12-13(4-2)10-11-15(14)16/h13-15H,3-12H2,1-2H3. The molecule has 96 valence electrons. The number of hydrogen-bond acceptors (Lipinski definition) is 0. The number of halogens is 1. The minimum atomic E-state index is 0.821. The number of alkyl halides is 1. The third-order valence-electron chi connectivity index (χ3n) is 4.25. The fraction of sp³-hybridized carbons (Fsp3) is 1.00. The summed E-state index contributed by atoms with van der Waals surface area (Å²) in [6, 6.07) is 0. The van der Waals surface area contributed by atoms with Gasteiger partial charge in [0, 0.05) is 4.83 Å². The van der Waals surface area contributed by atoms with E-state index in [1.807, 2.05) is 0 Å². The Morgan fingerprint density at radius 2 is 1.75 bits per heavy atom. The summed E-state index contributed by atoms with van der Waals surface area (Å²) in [5.74, 6) is 2.00. The molecule has 0 amide bonds. The summed E-state index contributed by atoms with van der Waals surface area (Å²) >= 11 is 3.89. The molecular formula is C15H29Br. The van der Waals surface area contributed by atoms with Gasteiger partial charge in [0.1, 0.15) is 0 Å². The van der Waals surface area contributed by atoms with E-state index >= 15 is 0 Å².